The van der Waals surface area contributed by atoms with Crippen LogP contribution in [0.2, 0.25) is 0 Å². The zero-order valence-electron chi connectivity index (χ0n) is 7.94. The van der Waals surface area contributed by atoms with Crippen LogP contribution in [-0.2, 0) is 16.3 Å². The van der Waals surface area contributed by atoms with Crippen LogP contribution in [0, 0.1) is 0 Å². The van der Waals surface area contributed by atoms with Gasteiger partial charge in [-0.1, -0.05) is 6.92 Å². The van der Waals surface area contributed by atoms with Crippen LogP contribution in [0.3, 0.4) is 0 Å². The quantitative estimate of drug-likeness (QED) is 0.779. The molecule has 0 N–H and O–H groups in total. The summed E-state index contributed by atoms with van der Waals surface area (Å²) in [5.74, 6) is 0. The van der Waals surface area contributed by atoms with E-state index in [4.69, 9.17) is 0 Å². The average molecular weight is 219 g/mol. The predicted molar refractivity (Wildman–Crippen MR) is 54.8 cm³/mol. The van der Waals surface area contributed by atoms with E-state index in [1.807, 2.05) is 6.92 Å². The van der Waals surface area contributed by atoms with Gasteiger partial charge in [0.05, 0.1) is 0 Å². The highest BCUT2D eigenvalue weighted by Crippen LogP contribution is 2.25. The zero-order valence-corrected chi connectivity index (χ0v) is 9.58. The number of rotatable bonds is 3. The SMILES string of the molecule is CCc1cnc(C(C)S(C)(=O)=O)s1. The largest absolute Gasteiger partial charge is 0.248 e. The smallest absolute Gasteiger partial charge is 0.156 e. The lowest BCUT2D eigenvalue weighted by Crippen LogP contribution is -2.06. The molecule has 1 aromatic heterocycles. The van der Waals surface area contributed by atoms with Crippen LogP contribution in [0.4, 0.5) is 0 Å². The van der Waals surface area contributed by atoms with Gasteiger partial charge in [0.25, 0.3) is 0 Å². The summed E-state index contributed by atoms with van der Waals surface area (Å²) in [6.45, 7) is 3.70. The molecule has 0 saturated heterocycles. The maximum atomic E-state index is 11.2. The standard InChI is InChI=1S/C8H13NO2S2/c1-4-7-5-9-8(12-7)6(2)13(3,10)11/h5-6H,4H2,1-3H3. The first-order chi connectivity index (χ1) is 5.95. The predicted octanol–water partition coefficient (Wildman–Crippen LogP) is 1.81. The van der Waals surface area contributed by atoms with E-state index in [0.717, 1.165) is 11.3 Å². The Bertz CT molecular complexity index is 381. The molecule has 0 amide bonds. The minimum atomic E-state index is -3.00. The van der Waals surface area contributed by atoms with Crippen molar-refractivity contribution in [1.29, 1.82) is 0 Å². The molecular weight excluding hydrogens is 206 g/mol. The molecule has 3 nitrogen and oxygen atoms in total. The third-order valence-corrected chi connectivity index (χ3v) is 4.89. The van der Waals surface area contributed by atoms with Crippen molar-refractivity contribution in [2.75, 3.05) is 6.26 Å². The Morgan fingerprint density at radius 1 is 1.62 bits per heavy atom. The molecule has 1 heterocycles. The molecule has 0 fully saturated rings. The van der Waals surface area contributed by atoms with E-state index in [9.17, 15) is 8.42 Å². The second-order valence-electron chi connectivity index (χ2n) is 2.99. The lowest BCUT2D eigenvalue weighted by atomic mass is 10.4. The van der Waals surface area contributed by atoms with Crippen molar-refractivity contribution in [3.8, 4) is 0 Å². The van der Waals surface area contributed by atoms with E-state index in [0.29, 0.717) is 5.01 Å². The van der Waals surface area contributed by atoms with Crippen molar-refractivity contribution in [2.24, 2.45) is 0 Å². The highest BCUT2D eigenvalue weighted by Gasteiger charge is 2.20. The summed E-state index contributed by atoms with van der Waals surface area (Å²) < 4.78 is 22.4. The van der Waals surface area contributed by atoms with Gasteiger partial charge in [-0.3, -0.25) is 0 Å². The Morgan fingerprint density at radius 2 is 2.23 bits per heavy atom. The minimum absolute atomic E-state index is 0.474. The first-order valence-corrected chi connectivity index (χ1v) is 6.85. The molecule has 0 saturated carbocycles. The number of nitrogens with zero attached hydrogens (tertiary/aromatic N) is 1. The van der Waals surface area contributed by atoms with Crippen LogP contribution in [0.15, 0.2) is 6.20 Å². The van der Waals surface area contributed by atoms with Crippen LogP contribution < -0.4 is 0 Å². The van der Waals surface area contributed by atoms with Crippen molar-refractivity contribution in [1.82, 2.24) is 4.98 Å². The van der Waals surface area contributed by atoms with Crippen LogP contribution in [-0.4, -0.2) is 19.7 Å². The highest BCUT2D eigenvalue weighted by atomic mass is 32.2. The van der Waals surface area contributed by atoms with Gasteiger partial charge in [0.1, 0.15) is 10.3 Å². The summed E-state index contributed by atoms with van der Waals surface area (Å²) in [5.41, 5.74) is 0. The molecule has 5 heteroatoms. The molecule has 1 rings (SSSR count). The average Bonchev–Trinajstić information content (AvgIpc) is 2.48. The Morgan fingerprint density at radius 3 is 2.62 bits per heavy atom. The maximum absolute atomic E-state index is 11.2. The molecule has 1 aromatic rings. The third kappa shape index (κ3) is 2.51. The molecule has 1 atom stereocenters. The van der Waals surface area contributed by atoms with Crippen molar-refractivity contribution in [3.05, 3.63) is 16.1 Å². The molecule has 0 aliphatic heterocycles. The van der Waals surface area contributed by atoms with Gasteiger partial charge in [-0.25, -0.2) is 13.4 Å². The number of hydrogen-bond acceptors (Lipinski definition) is 4. The number of thiazole rings is 1. The van der Waals surface area contributed by atoms with Gasteiger partial charge in [-0.15, -0.1) is 11.3 Å². The van der Waals surface area contributed by atoms with Crippen LogP contribution in [0.25, 0.3) is 0 Å². The second-order valence-corrected chi connectivity index (χ2v) is 6.50. The van der Waals surface area contributed by atoms with Crippen molar-refractivity contribution >= 4 is 21.2 Å². The first kappa shape index (κ1) is 10.7. The third-order valence-electron chi connectivity index (χ3n) is 1.91. The van der Waals surface area contributed by atoms with E-state index in [1.165, 1.54) is 17.6 Å². The van der Waals surface area contributed by atoms with E-state index in [-0.39, 0.29) is 0 Å². The van der Waals surface area contributed by atoms with Crippen LogP contribution in [0.5, 0.6) is 0 Å². The summed E-state index contributed by atoms with van der Waals surface area (Å²) in [4.78, 5) is 5.22. The molecule has 0 aliphatic rings. The fraction of sp³-hybridized carbons (Fsp3) is 0.625. The first-order valence-electron chi connectivity index (χ1n) is 4.08. The minimum Gasteiger partial charge on any atom is -0.248 e. The highest BCUT2D eigenvalue weighted by molar-refractivity contribution is 7.91. The maximum Gasteiger partial charge on any atom is 0.156 e. The molecular formula is C8H13NO2S2. The molecule has 0 aromatic carbocycles. The molecule has 0 bridgehead atoms. The molecule has 0 spiro atoms. The van der Waals surface area contributed by atoms with Gasteiger partial charge in [-0.05, 0) is 13.3 Å². The lowest BCUT2D eigenvalue weighted by molar-refractivity contribution is 0.592. The Balaban J connectivity index is 2.96. The molecule has 0 aliphatic carbocycles. The molecule has 74 valence electrons. The van der Waals surface area contributed by atoms with Crippen molar-refractivity contribution in [3.63, 3.8) is 0 Å². The molecule has 13 heavy (non-hydrogen) atoms. The Labute approximate surface area is 82.7 Å². The van der Waals surface area contributed by atoms with Crippen LogP contribution in [0.1, 0.15) is 29.0 Å². The Hall–Kier alpha value is -0.420. The van der Waals surface area contributed by atoms with E-state index < -0.39 is 15.1 Å². The van der Waals surface area contributed by atoms with Crippen molar-refractivity contribution < 1.29 is 8.42 Å². The molecule has 1 unspecified atom stereocenters. The van der Waals surface area contributed by atoms with E-state index in [1.54, 1.807) is 13.1 Å². The topological polar surface area (TPSA) is 47.0 Å². The van der Waals surface area contributed by atoms with Gasteiger partial charge in [0, 0.05) is 17.3 Å². The Kier molecular flexibility index (Phi) is 3.08. The summed E-state index contributed by atoms with van der Waals surface area (Å²) in [6.07, 6.45) is 3.90. The second kappa shape index (κ2) is 3.75. The van der Waals surface area contributed by atoms with Crippen LogP contribution >= 0.6 is 11.3 Å². The summed E-state index contributed by atoms with van der Waals surface area (Å²) in [6, 6.07) is 0. The van der Waals surface area contributed by atoms with Crippen molar-refractivity contribution in [2.45, 2.75) is 25.5 Å². The van der Waals surface area contributed by atoms with Gasteiger partial charge in [0.15, 0.2) is 9.84 Å². The number of sulfone groups is 1. The zero-order chi connectivity index (χ0) is 10.1. The fourth-order valence-corrected chi connectivity index (χ4v) is 2.74. The van der Waals surface area contributed by atoms with Gasteiger partial charge >= 0.3 is 0 Å². The fourth-order valence-electron chi connectivity index (χ4n) is 0.857. The molecule has 0 radical (unpaired) electrons. The van der Waals surface area contributed by atoms with Gasteiger partial charge in [-0.2, -0.15) is 0 Å². The monoisotopic (exact) mass is 219 g/mol. The van der Waals surface area contributed by atoms with Gasteiger partial charge in [0.2, 0.25) is 0 Å². The van der Waals surface area contributed by atoms with E-state index in [2.05, 4.69) is 4.98 Å². The number of hydrogen-bond donors (Lipinski definition) is 0. The summed E-state index contributed by atoms with van der Waals surface area (Å²) in [5, 5.41) is 0.220. The van der Waals surface area contributed by atoms with Gasteiger partial charge < -0.3 is 0 Å². The number of aryl methyl sites for hydroxylation is 1. The summed E-state index contributed by atoms with van der Waals surface area (Å²) >= 11 is 1.48. The van der Waals surface area contributed by atoms with E-state index >= 15 is 0 Å². The summed E-state index contributed by atoms with van der Waals surface area (Å²) in [7, 11) is -3.00. The lowest BCUT2D eigenvalue weighted by Gasteiger charge is -2.03. The number of aromatic nitrogens is 1. The normalized spacial score (nSPS) is 14.4.